The van der Waals surface area contributed by atoms with Gasteiger partial charge < -0.3 is 15.0 Å². The first-order valence-electron chi connectivity index (χ1n) is 13.0. The zero-order chi connectivity index (χ0) is 31.2. The topological polar surface area (TPSA) is 139 Å². The van der Waals surface area contributed by atoms with Gasteiger partial charge in [-0.25, -0.2) is 8.42 Å². The average Bonchev–Trinajstić information content (AvgIpc) is 2.95. The first kappa shape index (κ1) is 32.4. The first-order valence-corrected chi connectivity index (χ1v) is 14.9. The second-order valence-electron chi connectivity index (χ2n) is 9.55. The van der Waals surface area contributed by atoms with Crippen LogP contribution in [0.4, 0.5) is 11.4 Å². The first-order chi connectivity index (χ1) is 19.8. The molecule has 0 radical (unpaired) electrons. The summed E-state index contributed by atoms with van der Waals surface area (Å²) >= 11 is 6.24. The van der Waals surface area contributed by atoms with Crippen LogP contribution in [-0.2, 0) is 26.2 Å². The predicted octanol–water partition coefficient (Wildman–Crippen LogP) is 4.62. The fourth-order valence-electron chi connectivity index (χ4n) is 4.32. The highest BCUT2D eigenvalue weighted by Gasteiger charge is 2.35. The minimum atomic E-state index is -4.60. The molecule has 0 heterocycles. The van der Waals surface area contributed by atoms with Crippen molar-refractivity contribution < 1.29 is 27.7 Å². The maximum Gasteiger partial charge on any atom is 0.273 e. The normalized spacial score (nSPS) is 11.9. The van der Waals surface area contributed by atoms with Gasteiger partial charge in [-0.2, -0.15) is 0 Å². The number of nitro groups is 1. The van der Waals surface area contributed by atoms with Crippen molar-refractivity contribution in [2.75, 3.05) is 24.5 Å². The van der Waals surface area contributed by atoms with Gasteiger partial charge in [-0.1, -0.05) is 41.9 Å². The minimum Gasteiger partial charge on any atom is -0.495 e. The molecule has 2 amide bonds. The molecule has 0 aliphatic rings. The van der Waals surface area contributed by atoms with Gasteiger partial charge in [0.2, 0.25) is 11.8 Å². The summed E-state index contributed by atoms with van der Waals surface area (Å²) < 4.78 is 34.5. The molecule has 0 aliphatic heterocycles. The number of rotatable bonds is 12. The van der Waals surface area contributed by atoms with Crippen LogP contribution < -0.4 is 14.4 Å². The zero-order valence-electron chi connectivity index (χ0n) is 24.0. The van der Waals surface area contributed by atoms with Crippen LogP contribution >= 0.6 is 11.6 Å². The molecule has 42 heavy (non-hydrogen) atoms. The van der Waals surface area contributed by atoms with Gasteiger partial charge in [0.25, 0.3) is 15.7 Å². The summed E-state index contributed by atoms with van der Waals surface area (Å²) in [4.78, 5) is 38.7. The Labute approximate surface area is 250 Å². The van der Waals surface area contributed by atoms with Crippen molar-refractivity contribution in [3.63, 3.8) is 0 Å². The van der Waals surface area contributed by atoms with E-state index in [1.807, 2.05) is 25.1 Å². The molecule has 0 saturated heterocycles. The molecular weight excluding hydrogens is 584 g/mol. The molecule has 3 rings (SSSR count). The molecule has 0 saturated carbocycles. The van der Waals surface area contributed by atoms with Crippen molar-refractivity contribution >= 4 is 44.8 Å². The summed E-state index contributed by atoms with van der Waals surface area (Å²) in [5, 5.41) is 14.5. The van der Waals surface area contributed by atoms with Crippen LogP contribution in [0.1, 0.15) is 30.5 Å². The smallest absolute Gasteiger partial charge is 0.273 e. The Morgan fingerprint density at radius 1 is 1.07 bits per heavy atom. The fraction of sp³-hybridized carbons (Fsp3) is 0.310. The van der Waals surface area contributed by atoms with Gasteiger partial charge in [-0.15, -0.1) is 0 Å². The molecular formula is C29H33ClN4O7S. The third kappa shape index (κ3) is 7.18. The Balaban J connectivity index is 2.17. The van der Waals surface area contributed by atoms with E-state index >= 15 is 0 Å². The lowest BCUT2D eigenvalue weighted by Crippen LogP contribution is -2.51. The number of likely N-dealkylation sites (N-methyl/N-ethyl adjacent to an activating group) is 1. The molecule has 1 unspecified atom stereocenters. The summed E-state index contributed by atoms with van der Waals surface area (Å²) in [7, 11) is -3.27. The van der Waals surface area contributed by atoms with Crippen molar-refractivity contribution in [1.29, 1.82) is 0 Å². The van der Waals surface area contributed by atoms with E-state index in [0.717, 1.165) is 21.5 Å². The molecule has 0 aromatic heterocycles. The molecule has 0 fully saturated rings. The SMILES string of the molecule is CCNC(=O)C(C)N(Cc1ccccc1C)C(=O)CN(c1cc(Cl)ccc1OC)S(=O)(=O)c1ccc(C)c([N+](=O)[O-])c1. The van der Waals surface area contributed by atoms with Crippen LogP contribution in [0, 0.1) is 24.0 Å². The molecule has 0 bridgehead atoms. The third-order valence-electron chi connectivity index (χ3n) is 6.77. The average molecular weight is 617 g/mol. The number of halogens is 1. The van der Waals surface area contributed by atoms with Crippen LogP contribution in [0.5, 0.6) is 5.75 Å². The largest absolute Gasteiger partial charge is 0.495 e. The summed E-state index contributed by atoms with van der Waals surface area (Å²) in [6, 6.07) is 14.2. The zero-order valence-corrected chi connectivity index (χ0v) is 25.5. The van der Waals surface area contributed by atoms with E-state index in [2.05, 4.69) is 5.32 Å². The predicted molar refractivity (Wildman–Crippen MR) is 160 cm³/mol. The Kier molecular flexibility index (Phi) is 10.5. The minimum absolute atomic E-state index is 0.0282. The number of benzene rings is 3. The van der Waals surface area contributed by atoms with E-state index in [1.54, 1.807) is 19.9 Å². The number of nitrogens with one attached hydrogen (secondary N) is 1. The number of carbonyl (C=O) groups is 2. The molecule has 13 heteroatoms. The Hall–Kier alpha value is -4.16. The number of hydrogen-bond acceptors (Lipinski definition) is 7. The molecule has 0 spiro atoms. The lowest BCUT2D eigenvalue weighted by Gasteiger charge is -2.32. The van der Waals surface area contributed by atoms with Gasteiger partial charge in [0.1, 0.15) is 18.3 Å². The highest BCUT2D eigenvalue weighted by molar-refractivity contribution is 7.92. The highest BCUT2D eigenvalue weighted by atomic mass is 35.5. The number of sulfonamides is 1. The van der Waals surface area contributed by atoms with Crippen molar-refractivity contribution in [2.24, 2.45) is 0 Å². The maximum absolute atomic E-state index is 14.1. The molecule has 0 aliphatic carbocycles. The summed E-state index contributed by atoms with van der Waals surface area (Å²) in [5.74, 6) is -1.01. The number of methoxy groups -OCH3 is 1. The van der Waals surface area contributed by atoms with E-state index in [9.17, 15) is 28.1 Å². The van der Waals surface area contributed by atoms with Crippen LogP contribution in [0.3, 0.4) is 0 Å². The van der Waals surface area contributed by atoms with Gasteiger partial charge in [-0.3, -0.25) is 24.0 Å². The molecule has 3 aromatic rings. The summed E-state index contributed by atoms with van der Waals surface area (Å²) in [6.45, 7) is 6.27. The van der Waals surface area contributed by atoms with Gasteiger partial charge in [0.05, 0.1) is 22.6 Å². The highest BCUT2D eigenvalue weighted by Crippen LogP contribution is 2.36. The maximum atomic E-state index is 14.1. The molecule has 1 atom stereocenters. The van der Waals surface area contributed by atoms with Crippen LogP contribution in [0.15, 0.2) is 65.6 Å². The standard InChI is InChI=1S/C29H33ClN4O7S/c1-6-31-29(36)21(4)32(17-22-10-8-7-9-19(22)2)28(35)18-33(26-15-23(30)12-14-27(26)41-5)42(39,40)24-13-11-20(3)25(16-24)34(37)38/h7-16,21H,6,17-18H2,1-5H3,(H,31,36). The number of carbonyl (C=O) groups excluding carboxylic acids is 2. The van der Waals surface area contributed by atoms with E-state index in [4.69, 9.17) is 16.3 Å². The van der Waals surface area contributed by atoms with E-state index < -0.39 is 49.9 Å². The fourth-order valence-corrected chi connectivity index (χ4v) is 5.92. The number of aryl methyl sites for hydroxylation is 2. The van der Waals surface area contributed by atoms with Crippen molar-refractivity contribution in [3.05, 3.63) is 92.5 Å². The van der Waals surface area contributed by atoms with Gasteiger partial charge >= 0.3 is 0 Å². The second kappa shape index (κ2) is 13.7. The van der Waals surface area contributed by atoms with Crippen LogP contribution in [0.25, 0.3) is 0 Å². The number of ether oxygens (including phenoxy) is 1. The number of nitro benzene ring substituents is 1. The lowest BCUT2D eigenvalue weighted by atomic mass is 10.1. The van der Waals surface area contributed by atoms with Crippen LogP contribution in [-0.4, -0.2) is 56.3 Å². The Morgan fingerprint density at radius 2 is 1.76 bits per heavy atom. The molecule has 224 valence electrons. The van der Waals surface area contributed by atoms with Gasteiger partial charge in [0, 0.05) is 29.7 Å². The summed E-state index contributed by atoms with van der Waals surface area (Å²) in [6.07, 6.45) is 0. The number of anilines is 1. The summed E-state index contributed by atoms with van der Waals surface area (Å²) in [5.41, 5.74) is 1.47. The Morgan fingerprint density at radius 3 is 2.38 bits per heavy atom. The Bertz CT molecular complexity index is 1600. The van der Waals surface area contributed by atoms with Gasteiger partial charge in [-0.05, 0) is 63.1 Å². The molecule has 1 N–H and O–H groups in total. The number of nitrogens with zero attached hydrogens (tertiary/aromatic N) is 3. The molecule has 11 nitrogen and oxygen atoms in total. The van der Waals surface area contributed by atoms with Crippen molar-refractivity contribution in [1.82, 2.24) is 10.2 Å². The van der Waals surface area contributed by atoms with Crippen molar-refractivity contribution in [2.45, 2.75) is 45.2 Å². The van der Waals surface area contributed by atoms with E-state index in [1.165, 1.54) is 49.3 Å². The van der Waals surface area contributed by atoms with Crippen molar-refractivity contribution in [3.8, 4) is 5.75 Å². The quantitative estimate of drug-likeness (QED) is 0.231. The number of hydrogen-bond donors (Lipinski definition) is 1. The second-order valence-corrected chi connectivity index (χ2v) is 11.9. The third-order valence-corrected chi connectivity index (χ3v) is 8.76. The van der Waals surface area contributed by atoms with E-state index in [0.29, 0.717) is 6.54 Å². The number of amides is 2. The van der Waals surface area contributed by atoms with Gasteiger partial charge in [0.15, 0.2) is 0 Å². The van der Waals surface area contributed by atoms with E-state index in [-0.39, 0.29) is 28.6 Å². The lowest BCUT2D eigenvalue weighted by molar-refractivity contribution is -0.385. The van der Waals surface area contributed by atoms with Crippen LogP contribution in [0.2, 0.25) is 5.02 Å². The molecule has 3 aromatic carbocycles. The monoisotopic (exact) mass is 616 g/mol.